The molecule has 4 N–H and O–H groups in total. The number of H-pyrrole nitrogens is 2. The number of aromatic amines is 2. The first-order valence-electron chi connectivity index (χ1n) is 13.1. The summed E-state index contributed by atoms with van der Waals surface area (Å²) < 4.78 is 0. The van der Waals surface area contributed by atoms with Crippen LogP contribution in [0.25, 0.3) is 22.6 Å². The molecule has 1 aliphatic carbocycles. The molecule has 4 heterocycles. The lowest BCUT2D eigenvalue weighted by Crippen LogP contribution is -2.47. The van der Waals surface area contributed by atoms with Gasteiger partial charge in [0.1, 0.15) is 16.9 Å². The molecular weight excluding hydrogens is 504 g/mol. The minimum Gasteiger partial charge on any atom is -0.387 e. The maximum atomic E-state index is 12.9. The molecule has 1 aromatic carbocycles. The SMILES string of the molecule is Cc1nc(N2CCN(CC3CC3)CC2)nc2nc(-c3c(NC[C@@H](O)c4cccc(Cl)c4)cc[nH]c3=O)[nH]c12. The first kappa shape index (κ1) is 24.8. The average Bonchev–Trinajstić information content (AvgIpc) is 3.62. The second-order valence-corrected chi connectivity index (χ2v) is 10.6. The van der Waals surface area contributed by atoms with E-state index >= 15 is 0 Å². The van der Waals surface area contributed by atoms with E-state index in [0.717, 1.165) is 37.8 Å². The van der Waals surface area contributed by atoms with Gasteiger partial charge in [-0.25, -0.2) is 9.97 Å². The van der Waals surface area contributed by atoms with E-state index in [1.165, 1.54) is 19.4 Å². The van der Waals surface area contributed by atoms with Crippen molar-refractivity contribution >= 4 is 34.4 Å². The van der Waals surface area contributed by atoms with Crippen molar-refractivity contribution in [3.05, 3.63) is 63.2 Å². The number of rotatable bonds is 8. The Bertz CT molecular complexity index is 1510. The highest BCUT2D eigenvalue weighted by Crippen LogP contribution is 2.30. The van der Waals surface area contributed by atoms with Crippen LogP contribution in [0.15, 0.2) is 41.3 Å². The van der Waals surface area contributed by atoms with E-state index in [1.807, 2.05) is 13.0 Å². The lowest BCUT2D eigenvalue weighted by Gasteiger charge is -2.34. The smallest absolute Gasteiger partial charge is 0.261 e. The first-order valence-corrected chi connectivity index (χ1v) is 13.4. The van der Waals surface area contributed by atoms with Crippen LogP contribution in [-0.4, -0.2) is 74.2 Å². The standard InChI is InChI=1S/C27H31ClN8O2/c1-16-23-25(34-27(31-16)36-11-9-35(10-12-36)15-17-5-6-17)33-24(32-23)22-20(7-8-29-26(22)38)30-14-21(37)18-3-2-4-19(28)13-18/h2-4,7-8,13,17,21,37H,5-6,9-12,14-15H2,1H3,(H2,29,30,38)(H,31,32,33,34)/t21-/m1/s1. The van der Waals surface area contributed by atoms with Gasteiger partial charge in [-0.05, 0) is 49.4 Å². The predicted octanol–water partition coefficient (Wildman–Crippen LogP) is 3.35. The number of halogens is 1. The summed E-state index contributed by atoms with van der Waals surface area (Å²) in [6, 6.07) is 8.83. The van der Waals surface area contributed by atoms with E-state index in [2.05, 4.69) is 25.1 Å². The Morgan fingerprint density at radius 1 is 1.16 bits per heavy atom. The number of imidazole rings is 1. The number of pyridine rings is 1. The lowest BCUT2D eigenvalue weighted by atomic mass is 10.1. The summed E-state index contributed by atoms with van der Waals surface area (Å²) in [5.74, 6) is 1.95. The van der Waals surface area contributed by atoms with Crippen LogP contribution >= 0.6 is 11.6 Å². The summed E-state index contributed by atoms with van der Waals surface area (Å²) in [4.78, 5) is 37.8. The third-order valence-corrected chi connectivity index (χ3v) is 7.54. The van der Waals surface area contributed by atoms with Crippen LogP contribution in [0.3, 0.4) is 0 Å². The molecule has 0 bridgehead atoms. The summed E-state index contributed by atoms with van der Waals surface area (Å²) in [6.45, 7) is 7.11. The van der Waals surface area contributed by atoms with Gasteiger partial charge in [-0.15, -0.1) is 0 Å². The fourth-order valence-corrected chi connectivity index (χ4v) is 5.18. The Kier molecular flexibility index (Phi) is 6.77. The molecule has 3 aromatic heterocycles. The summed E-state index contributed by atoms with van der Waals surface area (Å²) >= 11 is 6.07. The van der Waals surface area contributed by atoms with E-state index in [4.69, 9.17) is 26.6 Å². The van der Waals surface area contributed by atoms with Crippen molar-refractivity contribution < 1.29 is 5.11 Å². The predicted molar refractivity (Wildman–Crippen MR) is 149 cm³/mol. The molecule has 198 valence electrons. The lowest BCUT2D eigenvalue weighted by molar-refractivity contribution is 0.191. The molecule has 0 spiro atoms. The monoisotopic (exact) mass is 534 g/mol. The topological polar surface area (TPSA) is 126 Å². The largest absolute Gasteiger partial charge is 0.387 e. The van der Waals surface area contributed by atoms with E-state index in [9.17, 15) is 9.90 Å². The molecule has 10 nitrogen and oxygen atoms in total. The highest BCUT2D eigenvalue weighted by molar-refractivity contribution is 6.30. The van der Waals surface area contributed by atoms with Crippen LogP contribution in [0.1, 0.15) is 30.2 Å². The van der Waals surface area contributed by atoms with E-state index < -0.39 is 6.10 Å². The summed E-state index contributed by atoms with van der Waals surface area (Å²) in [5, 5.41) is 14.4. The average molecular weight is 535 g/mol. The van der Waals surface area contributed by atoms with Crippen LogP contribution < -0.4 is 15.8 Å². The summed E-state index contributed by atoms with van der Waals surface area (Å²) in [7, 11) is 0. The van der Waals surface area contributed by atoms with Gasteiger partial charge in [0.15, 0.2) is 5.65 Å². The van der Waals surface area contributed by atoms with Crippen molar-refractivity contribution in [2.75, 3.05) is 49.5 Å². The molecule has 6 rings (SSSR count). The Hall–Kier alpha value is -3.47. The van der Waals surface area contributed by atoms with Gasteiger partial charge in [-0.2, -0.15) is 4.98 Å². The molecule has 0 amide bonds. The number of nitrogens with zero attached hydrogens (tertiary/aromatic N) is 5. The number of anilines is 2. The van der Waals surface area contributed by atoms with Gasteiger partial charge in [0.25, 0.3) is 5.56 Å². The van der Waals surface area contributed by atoms with Gasteiger partial charge in [-0.1, -0.05) is 23.7 Å². The van der Waals surface area contributed by atoms with E-state index in [-0.39, 0.29) is 12.1 Å². The Morgan fingerprint density at radius 3 is 2.74 bits per heavy atom. The minimum atomic E-state index is -0.808. The second-order valence-electron chi connectivity index (χ2n) is 10.2. The number of benzene rings is 1. The maximum absolute atomic E-state index is 12.9. The fraction of sp³-hybridized carbons (Fsp3) is 0.407. The van der Waals surface area contributed by atoms with Crippen molar-refractivity contribution in [2.45, 2.75) is 25.9 Å². The molecule has 2 fully saturated rings. The molecule has 1 saturated carbocycles. The molecule has 2 aliphatic rings. The van der Waals surface area contributed by atoms with Crippen LogP contribution in [0.4, 0.5) is 11.6 Å². The Morgan fingerprint density at radius 2 is 1.97 bits per heavy atom. The van der Waals surface area contributed by atoms with Crippen molar-refractivity contribution in [1.29, 1.82) is 0 Å². The highest BCUT2D eigenvalue weighted by atomic mass is 35.5. The molecule has 38 heavy (non-hydrogen) atoms. The van der Waals surface area contributed by atoms with E-state index in [1.54, 1.807) is 30.5 Å². The number of aryl methyl sites for hydroxylation is 1. The molecule has 1 atom stereocenters. The van der Waals surface area contributed by atoms with Gasteiger partial charge in [0, 0.05) is 50.5 Å². The van der Waals surface area contributed by atoms with Crippen molar-refractivity contribution in [2.24, 2.45) is 5.92 Å². The zero-order chi connectivity index (χ0) is 26.2. The van der Waals surface area contributed by atoms with Crippen LogP contribution in [0, 0.1) is 12.8 Å². The van der Waals surface area contributed by atoms with Crippen molar-refractivity contribution in [3.8, 4) is 11.4 Å². The third kappa shape index (κ3) is 5.24. The van der Waals surface area contributed by atoms with Gasteiger partial charge in [0.05, 0.1) is 17.5 Å². The maximum Gasteiger partial charge on any atom is 0.261 e. The number of piperazine rings is 1. The molecule has 1 aliphatic heterocycles. The van der Waals surface area contributed by atoms with Crippen LogP contribution in [-0.2, 0) is 0 Å². The second kappa shape index (κ2) is 10.4. The normalized spacial score (nSPS) is 17.2. The Labute approximate surface area is 225 Å². The summed E-state index contributed by atoms with van der Waals surface area (Å²) in [6.07, 6.45) is 3.49. The van der Waals surface area contributed by atoms with Crippen molar-refractivity contribution in [1.82, 2.24) is 29.8 Å². The Balaban J connectivity index is 1.23. The molecule has 0 radical (unpaired) electrons. The number of hydrogen-bond acceptors (Lipinski definition) is 8. The summed E-state index contributed by atoms with van der Waals surface area (Å²) in [5.41, 5.74) is 3.28. The zero-order valence-electron chi connectivity index (χ0n) is 21.2. The highest BCUT2D eigenvalue weighted by Gasteiger charge is 2.27. The number of aliphatic hydroxyl groups is 1. The molecular formula is C27H31ClN8O2. The molecule has 1 saturated heterocycles. The molecule has 0 unspecified atom stereocenters. The first-order chi connectivity index (χ1) is 18.4. The van der Waals surface area contributed by atoms with E-state index in [0.29, 0.717) is 44.8 Å². The number of aliphatic hydroxyl groups excluding tert-OH is 1. The fourth-order valence-electron chi connectivity index (χ4n) is 4.98. The number of hydrogen-bond donors (Lipinski definition) is 4. The molecule has 4 aromatic rings. The third-order valence-electron chi connectivity index (χ3n) is 7.31. The number of nitrogens with one attached hydrogen (secondary N) is 3. The quantitative estimate of drug-likeness (QED) is 0.271. The van der Waals surface area contributed by atoms with Crippen LogP contribution in [0.2, 0.25) is 5.02 Å². The van der Waals surface area contributed by atoms with Gasteiger partial charge < -0.3 is 25.3 Å². The van der Waals surface area contributed by atoms with Gasteiger partial charge >= 0.3 is 0 Å². The van der Waals surface area contributed by atoms with Crippen LogP contribution in [0.5, 0.6) is 0 Å². The number of aromatic nitrogens is 5. The zero-order valence-corrected chi connectivity index (χ0v) is 22.0. The molecule has 11 heteroatoms. The van der Waals surface area contributed by atoms with Crippen molar-refractivity contribution in [3.63, 3.8) is 0 Å². The van der Waals surface area contributed by atoms with Gasteiger partial charge in [-0.3, -0.25) is 9.69 Å². The number of fused-ring (bicyclic) bond motifs is 1. The minimum absolute atomic E-state index is 0.187. The van der Waals surface area contributed by atoms with Gasteiger partial charge in [0.2, 0.25) is 5.95 Å².